The average molecular weight is 180 g/mol. The van der Waals surface area contributed by atoms with E-state index in [4.69, 9.17) is 9.84 Å². The fourth-order valence-electron chi connectivity index (χ4n) is 1.17. The quantitative estimate of drug-likeness (QED) is 0.763. The van der Waals surface area contributed by atoms with E-state index in [1.165, 1.54) is 0 Å². The van der Waals surface area contributed by atoms with Crippen molar-refractivity contribution in [2.45, 2.75) is 13.0 Å². The first-order valence-electron chi connectivity index (χ1n) is 4.01. The van der Waals surface area contributed by atoms with Crippen molar-refractivity contribution < 1.29 is 14.6 Å². The van der Waals surface area contributed by atoms with Crippen LogP contribution in [0, 0.1) is 0 Å². The summed E-state index contributed by atoms with van der Waals surface area (Å²) in [6.07, 6.45) is 0.0670. The van der Waals surface area contributed by atoms with Crippen LogP contribution in [0.25, 0.3) is 0 Å². The van der Waals surface area contributed by atoms with Crippen LogP contribution in [-0.4, -0.2) is 18.2 Å². The van der Waals surface area contributed by atoms with Crippen LogP contribution in [0.5, 0.6) is 0 Å². The Hall–Kier alpha value is -1.35. The minimum absolute atomic E-state index is 0.0670. The SMILES string of the molecule is COCc1cccc(CC(=O)O)c1. The van der Waals surface area contributed by atoms with E-state index < -0.39 is 5.97 Å². The first-order valence-corrected chi connectivity index (χ1v) is 4.01. The average Bonchev–Trinajstić information content (AvgIpc) is 2.04. The summed E-state index contributed by atoms with van der Waals surface area (Å²) in [4.78, 5) is 10.4. The van der Waals surface area contributed by atoms with Gasteiger partial charge in [0.25, 0.3) is 0 Å². The number of benzene rings is 1. The maximum absolute atomic E-state index is 10.4. The van der Waals surface area contributed by atoms with Crippen molar-refractivity contribution in [2.24, 2.45) is 0 Å². The molecule has 0 aliphatic heterocycles. The number of carbonyl (C=O) groups is 1. The minimum atomic E-state index is -0.811. The summed E-state index contributed by atoms with van der Waals surface area (Å²) in [7, 11) is 1.61. The van der Waals surface area contributed by atoms with Crippen molar-refractivity contribution in [2.75, 3.05) is 7.11 Å². The molecule has 0 fully saturated rings. The van der Waals surface area contributed by atoms with E-state index >= 15 is 0 Å². The number of carboxylic acids is 1. The summed E-state index contributed by atoms with van der Waals surface area (Å²) in [5.41, 5.74) is 1.81. The van der Waals surface area contributed by atoms with Crippen LogP contribution in [0.1, 0.15) is 11.1 Å². The van der Waals surface area contributed by atoms with Gasteiger partial charge in [-0.3, -0.25) is 4.79 Å². The molecule has 0 amide bonds. The van der Waals surface area contributed by atoms with Crippen molar-refractivity contribution in [1.29, 1.82) is 0 Å². The van der Waals surface area contributed by atoms with E-state index in [0.717, 1.165) is 11.1 Å². The molecule has 3 heteroatoms. The highest BCUT2D eigenvalue weighted by Gasteiger charge is 2.00. The normalized spacial score (nSPS) is 9.92. The van der Waals surface area contributed by atoms with Gasteiger partial charge in [0.15, 0.2) is 0 Å². The number of aliphatic carboxylic acids is 1. The summed E-state index contributed by atoms with van der Waals surface area (Å²) in [5.74, 6) is -0.811. The van der Waals surface area contributed by atoms with Gasteiger partial charge in [0, 0.05) is 7.11 Å². The molecule has 0 aromatic heterocycles. The van der Waals surface area contributed by atoms with Crippen molar-refractivity contribution >= 4 is 5.97 Å². The van der Waals surface area contributed by atoms with Gasteiger partial charge in [0.1, 0.15) is 0 Å². The molecular weight excluding hydrogens is 168 g/mol. The van der Waals surface area contributed by atoms with Gasteiger partial charge in [-0.1, -0.05) is 24.3 Å². The Bertz CT molecular complexity index is 294. The Morgan fingerprint density at radius 1 is 1.46 bits per heavy atom. The number of ether oxygens (including phenoxy) is 1. The molecule has 1 rings (SSSR count). The molecule has 3 nitrogen and oxygen atoms in total. The molecular formula is C10H12O3. The molecule has 0 bridgehead atoms. The maximum Gasteiger partial charge on any atom is 0.307 e. The van der Waals surface area contributed by atoms with E-state index in [9.17, 15) is 4.79 Å². The van der Waals surface area contributed by atoms with E-state index in [1.807, 2.05) is 18.2 Å². The lowest BCUT2D eigenvalue weighted by atomic mass is 10.1. The number of rotatable bonds is 4. The first kappa shape index (κ1) is 9.74. The standard InChI is InChI=1S/C10H12O3/c1-13-7-9-4-2-3-8(5-9)6-10(11)12/h2-5H,6-7H2,1H3,(H,11,12). The van der Waals surface area contributed by atoms with Crippen molar-refractivity contribution in [3.63, 3.8) is 0 Å². The third kappa shape index (κ3) is 3.25. The molecule has 0 heterocycles. The number of methoxy groups -OCH3 is 1. The molecule has 0 aliphatic carbocycles. The van der Waals surface area contributed by atoms with E-state index in [2.05, 4.69) is 0 Å². The number of hydrogen-bond acceptors (Lipinski definition) is 2. The van der Waals surface area contributed by atoms with Crippen molar-refractivity contribution in [1.82, 2.24) is 0 Å². The molecule has 0 atom stereocenters. The molecule has 0 saturated heterocycles. The van der Waals surface area contributed by atoms with Gasteiger partial charge >= 0.3 is 5.97 Å². The summed E-state index contributed by atoms with van der Waals surface area (Å²) < 4.78 is 4.94. The Labute approximate surface area is 77.0 Å². The highest BCUT2D eigenvalue weighted by Crippen LogP contribution is 2.06. The Balaban J connectivity index is 2.73. The summed E-state index contributed by atoms with van der Waals surface area (Å²) >= 11 is 0. The smallest absolute Gasteiger partial charge is 0.307 e. The zero-order valence-electron chi connectivity index (χ0n) is 7.49. The largest absolute Gasteiger partial charge is 0.481 e. The third-order valence-corrected chi connectivity index (χ3v) is 1.66. The highest BCUT2D eigenvalue weighted by molar-refractivity contribution is 5.70. The van der Waals surface area contributed by atoms with Crippen molar-refractivity contribution in [3.05, 3.63) is 35.4 Å². The van der Waals surface area contributed by atoms with E-state index in [1.54, 1.807) is 13.2 Å². The highest BCUT2D eigenvalue weighted by atomic mass is 16.5. The lowest BCUT2D eigenvalue weighted by Gasteiger charge is -2.01. The number of carboxylic acid groups (broad SMARTS) is 1. The molecule has 70 valence electrons. The van der Waals surface area contributed by atoms with Crippen LogP contribution in [0.3, 0.4) is 0 Å². The molecule has 1 N–H and O–H groups in total. The topological polar surface area (TPSA) is 46.5 Å². The van der Waals surface area contributed by atoms with Gasteiger partial charge in [-0.2, -0.15) is 0 Å². The molecule has 13 heavy (non-hydrogen) atoms. The van der Waals surface area contributed by atoms with Crippen LogP contribution in [0.15, 0.2) is 24.3 Å². The molecule has 1 aromatic carbocycles. The zero-order chi connectivity index (χ0) is 9.68. The molecule has 0 aliphatic rings. The predicted octanol–water partition coefficient (Wildman–Crippen LogP) is 1.46. The summed E-state index contributed by atoms with van der Waals surface area (Å²) in [5, 5.41) is 8.56. The minimum Gasteiger partial charge on any atom is -0.481 e. The van der Waals surface area contributed by atoms with Crippen LogP contribution >= 0.6 is 0 Å². The van der Waals surface area contributed by atoms with Gasteiger partial charge in [-0.25, -0.2) is 0 Å². The second-order valence-corrected chi connectivity index (χ2v) is 2.82. The Morgan fingerprint density at radius 3 is 2.77 bits per heavy atom. The van der Waals surface area contributed by atoms with Crippen LogP contribution < -0.4 is 0 Å². The molecule has 0 spiro atoms. The zero-order valence-corrected chi connectivity index (χ0v) is 7.49. The van der Waals surface area contributed by atoms with Crippen LogP contribution in [0.4, 0.5) is 0 Å². The van der Waals surface area contributed by atoms with Crippen molar-refractivity contribution in [3.8, 4) is 0 Å². The second-order valence-electron chi connectivity index (χ2n) is 2.82. The maximum atomic E-state index is 10.4. The number of hydrogen-bond donors (Lipinski definition) is 1. The third-order valence-electron chi connectivity index (χ3n) is 1.66. The lowest BCUT2D eigenvalue weighted by molar-refractivity contribution is -0.136. The fourth-order valence-corrected chi connectivity index (χ4v) is 1.17. The van der Waals surface area contributed by atoms with E-state index in [0.29, 0.717) is 6.61 Å². The van der Waals surface area contributed by atoms with Gasteiger partial charge in [-0.05, 0) is 11.1 Å². The van der Waals surface area contributed by atoms with Crippen LogP contribution in [0.2, 0.25) is 0 Å². The van der Waals surface area contributed by atoms with Gasteiger partial charge in [0.05, 0.1) is 13.0 Å². The van der Waals surface area contributed by atoms with Crippen LogP contribution in [-0.2, 0) is 22.6 Å². The van der Waals surface area contributed by atoms with Gasteiger partial charge in [0.2, 0.25) is 0 Å². The molecule has 0 radical (unpaired) electrons. The molecule has 1 aromatic rings. The Morgan fingerprint density at radius 2 is 2.15 bits per heavy atom. The summed E-state index contributed by atoms with van der Waals surface area (Å²) in [6, 6.07) is 7.40. The molecule has 0 saturated carbocycles. The molecule has 0 unspecified atom stereocenters. The monoisotopic (exact) mass is 180 g/mol. The first-order chi connectivity index (χ1) is 6.22. The lowest BCUT2D eigenvalue weighted by Crippen LogP contribution is -2.00. The van der Waals surface area contributed by atoms with Gasteiger partial charge in [-0.15, -0.1) is 0 Å². The van der Waals surface area contributed by atoms with E-state index in [-0.39, 0.29) is 6.42 Å². The van der Waals surface area contributed by atoms with Gasteiger partial charge < -0.3 is 9.84 Å². The summed E-state index contributed by atoms with van der Waals surface area (Å²) in [6.45, 7) is 0.521. The Kier molecular flexibility index (Phi) is 3.46. The predicted molar refractivity (Wildman–Crippen MR) is 48.5 cm³/mol. The fraction of sp³-hybridized carbons (Fsp3) is 0.300. The second kappa shape index (κ2) is 4.62.